The molecular weight excluding hydrogens is 224 g/mol. The number of hydrogen-bond acceptors (Lipinski definition) is 1. The van der Waals surface area contributed by atoms with Crippen LogP contribution in [0.2, 0.25) is 18.1 Å². The molecule has 0 N–H and O–H groups in total. The first kappa shape index (κ1) is 16.7. The van der Waals surface area contributed by atoms with Crippen molar-refractivity contribution in [2.45, 2.75) is 78.1 Å². The summed E-state index contributed by atoms with van der Waals surface area (Å²) in [6, 6.07) is 0. The summed E-state index contributed by atoms with van der Waals surface area (Å²) >= 11 is 0. The lowest BCUT2D eigenvalue weighted by molar-refractivity contribution is 0.170. The van der Waals surface area contributed by atoms with Crippen molar-refractivity contribution in [3.05, 3.63) is 0 Å². The van der Waals surface area contributed by atoms with Crippen molar-refractivity contribution < 1.29 is 4.43 Å². The van der Waals surface area contributed by atoms with E-state index in [-0.39, 0.29) is 11.1 Å². The topological polar surface area (TPSA) is 9.23 Å². The molecule has 0 rings (SSSR count). The van der Waals surface area contributed by atoms with Gasteiger partial charge in [-0.25, -0.2) is 0 Å². The molecule has 2 atom stereocenters. The summed E-state index contributed by atoms with van der Waals surface area (Å²) in [4.78, 5) is 0. The lowest BCUT2D eigenvalue weighted by Gasteiger charge is -2.39. The molecular formula is C15H30OSi. The van der Waals surface area contributed by atoms with Crippen molar-refractivity contribution in [1.82, 2.24) is 0 Å². The number of terminal acetylenes is 1. The molecule has 17 heavy (non-hydrogen) atoms. The molecule has 0 bridgehead atoms. The smallest absolute Gasteiger partial charge is 0.193 e. The Morgan fingerprint density at radius 2 is 1.82 bits per heavy atom. The third kappa shape index (κ3) is 5.27. The van der Waals surface area contributed by atoms with Crippen molar-refractivity contribution in [2.75, 3.05) is 0 Å². The molecule has 0 aliphatic rings. The maximum atomic E-state index is 6.31. The van der Waals surface area contributed by atoms with Crippen LogP contribution in [0.3, 0.4) is 0 Å². The van der Waals surface area contributed by atoms with Gasteiger partial charge in [0.25, 0.3) is 0 Å². The van der Waals surface area contributed by atoms with Crippen LogP contribution < -0.4 is 0 Å². The summed E-state index contributed by atoms with van der Waals surface area (Å²) in [5, 5.41) is 0.229. The lowest BCUT2D eigenvalue weighted by Crippen LogP contribution is -2.45. The fourth-order valence-electron chi connectivity index (χ4n) is 1.49. The van der Waals surface area contributed by atoms with E-state index in [1.54, 1.807) is 0 Å². The molecule has 0 saturated carbocycles. The zero-order valence-electron chi connectivity index (χ0n) is 12.8. The Morgan fingerprint density at radius 1 is 1.29 bits per heavy atom. The second-order valence-electron chi connectivity index (χ2n) is 6.58. The van der Waals surface area contributed by atoms with Gasteiger partial charge in [-0.15, -0.1) is 6.42 Å². The molecule has 0 spiro atoms. The van der Waals surface area contributed by atoms with E-state index in [0.29, 0.717) is 5.92 Å². The van der Waals surface area contributed by atoms with E-state index in [1.807, 2.05) is 0 Å². The van der Waals surface area contributed by atoms with Crippen molar-refractivity contribution in [2.24, 2.45) is 5.92 Å². The third-order valence-corrected chi connectivity index (χ3v) is 8.38. The second kappa shape index (κ2) is 6.61. The molecule has 0 aliphatic heterocycles. The van der Waals surface area contributed by atoms with Gasteiger partial charge in [-0.3, -0.25) is 0 Å². The van der Waals surface area contributed by atoms with Gasteiger partial charge in [-0.1, -0.05) is 53.4 Å². The van der Waals surface area contributed by atoms with E-state index < -0.39 is 8.32 Å². The highest BCUT2D eigenvalue weighted by Gasteiger charge is 2.39. The van der Waals surface area contributed by atoms with Crippen LogP contribution in [0.4, 0.5) is 0 Å². The van der Waals surface area contributed by atoms with Crippen molar-refractivity contribution in [3.63, 3.8) is 0 Å². The normalized spacial score (nSPS) is 16.4. The average Bonchev–Trinajstić information content (AvgIpc) is 2.20. The number of rotatable bonds is 6. The van der Waals surface area contributed by atoms with Gasteiger partial charge in [-0.05, 0) is 30.5 Å². The Labute approximate surface area is 109 Å². The van der Waals surface area contributed by atoms with E-state index in [9.17, 15) is 0 Å². The standard InChI is InChI=1S/C15H30OSi/c1-9-11-12-13(3)14(10-2)16-17(7,8)15(4,5)6/h2,13-14H,9,11-12H2,1,3-8H3/t13-,14+/m0/s1. The summed E-state index contributed by atoms with van der Waals surface area (Å²) in [6.45, 7) is 15.7. The van der Waals surface area contributed by atoms with E-state index in [0.717, 1.165) is 0 Å². The van der Waals surface area contributed by atoms with Gasteiger partial charge >= 0.3 is 0 Å². The van der Waals surface area contributed by atoms with Crippen molar-refractivity contribution in [3.8, 4) is 12.3 Å². The van der Waals surface area contributed by atoms with Crippen LogP contribution in [0.25, 0.3) is 0 Å². The van der Waals surface area contributed by atoms with Gasteiger partial charge in [0.2, 0.25) is 0 Å². The van der Waals surface area contributed by atoms with Gasteiger partial charge in [0.1, 0.15) is 6.10 Å². The summed E-state index contributed by atoms with van der Waals surface area (Å²) in [5.41, 5.74) is 0. The highest BCUT2D eigenvalue weighted by Crippen LogP contribution is 2.38. The minimum atomic E-state index is -1.73. The van der Waals surface area contributed by atoms with Crippen molar-refractivity contribution in [1.29, 1.82) is 0 Å². The SMILES string of the molecule is C#C[C@@H](O[Si](C)(C)C(C)(C)C)[C@@H](C)CCCC. The highest BCUT2D eigenvalue weighted by atomic mass is 28.4. The molecule has 0 aromatic rings. The van der Waals surface area contributed by atoms with E-state index in [2.05, 4.69) is 53.6 Å². The summed E-state index contributed by atoms with van der Waals surface area (Å²) in [6.07, 6.45) is 9.26. The maximum Gasteiger partial charge on any atom is 0.193 e. The van der Waals surface area contributed by atoms with Crippen molar-refractivity contribution >= 4 is 8.32 Å². The number of hydrogen-bond donors (Lipinski definition) is 0. The third-order valence-electron chi connectivity index (χ3n) is 3.92. The molecule has 1 nitrogen and oxygen atoms in total. The van der Waals surface area contributed by atoms with Gasteiger partial charge in [0.15, 0.2) is 8.32 Å². The molecule has 100 valence electrons. The predicted octanol–water partition coefficient (Wildman–Crippen LogP) is 4.84. The molecule has 0 aliphatic carbocycles. The Balaban J connectivity index is 4.56. The molecule has 0 amide bonds. The zero-order chi connectivity index (χ0) is 13.7. The Hall–Kier alpha value is -0.263. The van der Waals surface area contributed by atoms with Crippen LogP contribution in [0.1, 0.15) is 53.9 Å². The van der Waals surface area contributed by atoms with Gasteiger partial charge in [-0.2, -0.15) is 0 Å². The average molecular weight is 254 g/mol. The summed E-state index contributed by atoms with van der Waals surface area (Å²) in [5.74, 6) is 3.32. The first-order valence-corrected chi connectivity index (χ1v) is 9.70. The quantitative estimate of drug-likeness (QED) is 0.487. The van der Waals surface area contributed by atoms with Gasteiger partial charge in [0, 0.05) is 0 Å². The first-order chi connectivity index (χ1) is 7.65. The maximum absolute atomic E-state index is 6.31. The van der Waals surface area contributed by atoms with Gasteiger partial charge in [0.05, 0.1) is 0 Å². The molecule has 2 heteroatoms. The Kier molecular flexibility index (Phi) is 6.51. The lowest BCUT2D eigenvalue weighted by atomic mass is 9.99. The van der Waals surface area contributed by atoms with Crippen LogP contribution >= 0.6 is 0 Å². The second-order valence-corrected chi connectivity index (χ2v) is 11.3. The van der Waals surface area contributed by atoms with Crippen LogP contribution in [-0.2, 0) is 4.43 Å². The zero-order valence-corrected chi connectivity index (χ0v) is 13.8. The van der Waals surface area contributed by atoms with Crippen LogP contribution in [0.5, 0.6) is 0 Å². The summed E-state index contributed by atoms with van der Waals surface area (Å²) < 4.78 is 6.31. The van der Waals surface area contributed by atoms with E-state index >= 15 is 0 Å². The summed E-state index contributed by atoms with van der Waals surface area (Å²) in [7, 11) is -1.73. The molecule has 0 unspecified atom stereocenters. The fourth-order valence-corrected chi connectivity index (χ4v) is 2.77. The van der Waals surface area contributed by atoms with Crippen LogP contribution in [0.15, 0.2) is 0 Å². The first-order valence-electron chi connectivity index (χ1n) is 6.79. The largest absolute Gasteiger partial charge is 0.403 e. The molecule has 0 aromatic carbocycles. The molecule has 0 fully saturated rings. The van der Waals surface area contributed by atoms with Crippen LogP contribution in [0, 0.1) is 18.3 Å². The Bertz CT molecular complexity index is 257. The highest BCUT2D eigenvalue weighted by molar-refractivity contribution is 6.74. The van der Waals surface area contributed by atoms with E-state index in [4.69, 9.17) is 10.8 Å². The van der Waals surface area contributed by atoms with E-state index in [1.165, 1.54) is 19.3 Å². The predicted molar refractivity (Wildman–Crippen MR) is 79.6 cm³/mol. The van der Waals surface area contributed by atoms with Gasteiger partial charge < -0.3 is 4.43 Å². The molecule has 0 radical (unpaired) electrons. The monoisotopic (exact) mass is 254 g/mol. The molecule has 0 heterocycles. The molecule has 0 saturated heterocycles. The number of unbranched alkanes of at least 4 members (excludes halogenated alkanes) is 1. The minimum absolute atomic E-state index is 0.0116. The minimum Gasteiger partial charge on any atom is -0.403 e. The molecule has 0 aromatic heterocycles. The van der Waals surface area contributed by atoms with Crippen LogP contribution in [-0.4, -0.2) is 14.4 Å². The Morgan fingerprint density at radius 3 is 2.18 bits per heavy atom. The fraction of sp³-hybridized carbons (Fsp3) is 0.867.